The molecule has 4 nitrogen and oxygen atoms in total. The molecule has 0 aliphatic carbocycles. The minimum absolute atomic E-state index is 0.104. The van der Waals surface area contributed by atoms with Crippen molar-refractivity contribution in [1.82, 2.24) is 4.90 Å². The highest BCUT2D eigenvalue weighted by Crippen LogP contribution is 2.25. The Kier molecular flexibility index (Phi) is 3.80. The first-order valence-corrected chi connectivity index (χ1v) is 5.99. The Morgan fingerprint density at radius 2 is 1.95 bits per heavy atom. The average Bonchev–Trinajstić information content (AvgIpc) is 2.43. The van der Waals surface area contributed by atoms with Crippen molar-refractivity contribution in [3.05, 3.63) is 48.0 Å². The summed E-state index contributed by atoms with van der Waals surface area (Å²) in [5, 5.41) is 11.1. The van der Waals surface area contributed by atoms with Crippen LogP contribution in [-0.4, -0.2) is 29.4 Å². The maximum absolute atomic E-state index is 10.9. The maximum atomic E-state index is 10.9. The van der Waals surface area contributed by atoms with Gasteiger partial charge in [-0.2, -0.15) is 0 Å². The van der Waals surface area contributed by atoms with Gasteiger partial charge in [0.05, 0.1) is 12.5 Å². The molecule has 4 heteroatoms. The standard InChI is InChI=1S/C15H15NO3/c1-16(10-17)14(9-15(18)19)13-7-6-11-4-2-3-5-12(11)8-13/h2-8,10,14H,9H2,1H3,(H,18,19). The molecule has 2 aromatic carbocycles. The third-order valence-electron chi connectivity index (χ3n) is 3.18. The van der Waals surface area contributed by atoms with Crippen molar-refractivity contribution >= 4 is 23.2 Å². The number of nitrogens with zero attached hydrogens (tertiary/aromatic N) is 1. The number of carboxylic acid groups (broad SMARTS) is 1. The minimum Gasteiger partial charge on any atom is -0.481 e. The van der Waals surface area contributed by atoms with Crippen LogP contribution in [0.4, 0.5) is 0 Å². The number of hydrogen-bond acceptors (Lipinski definition) is 2. The van der Waals surface area contributed by atoms with Crippen molar-refractivity contribution in [2.24, 2.45) is 0 Å². The normalized spacial score (nSPS) is 12.1. The molecule has 1 amide bonds. The van der Waals surface area contributed by atoms with Crippen LogP contribution in [0.3, 0.4) is 0 Å². The van der Waals surface area contributed by atoms with Crippen molar-refractivity contribution in [3.63, 3.8) is 0 Å². The van der Waals surface area contributed by atoms with Crippen LogP contribution in [0.15, 0.2) is 42.5 Å². The summed E-state index contributed by atoms with van der Waals surface area (Å²) in [5.41, 5.74) is 0.829. The monoisotopic (exact) mass is 257 g/mol. The second-order valence-electron chi connectivity index (χ2n) is 4.49. The van der Waals surface area contributed by atoms with Gasteiger partial charge in [0, 0.05) is 7.05 Å². The number of hydrogen-bond donors (Lipinski definition) is 1. The molecular formula is C15H15NO3. The van der Waals surface area contributed by atoms with E-state index in [9.17, 15) is 9.59 Å². The average molecular weight is 257 g/mol. The maximum Gasteiger partial charge on any atom is 0.305 e. The SMILES string of the molecule is CN(C=O)C(CC(=O)O)c1ccc2ccccc2c1. The molecule has 2 aromatic rings. The first kappa shape index (κ1) is 13.1. The van der Waals surface area contributed by atoms with Gasteiger partial charge in [0.2, 0.25) is 6.41 Å². The second-order valence-corrected chi connectivity index (χ2v) is 4.49. The smallest absolute Gasteiger partial charge is 0.305 e. The van der Waals surface area contributed by atoms with Gasteiger partial charge < -0.3 is 10.0 Å². The molecule has 0 fully saturated rings. The van der Waals surface area contributed by atoms with Crippen molar-refractivity contribution in [1.29, 1.82) is 0 Å². The Balaban J connectivity index is 2.43. The van der Waals surface area contributed by atoms with E-state index in [0.717, 1.165) is 16.3 Å². The lowest BCUT2D eigenvalue weighted by Gasteiger charge is -2.23. The first-order chi connectivity index (χ1) is 9.11. The van der Waals surface area contributed by atoms with Crippen LogP contribution in [0.1, 0.15) is 18.0 Å². The summed E-state index contributed by atoms with van der Waals surface area (Å²) >= 11 is 0. The number of fused-ring (bicyclic) bond motifs is 1. The Bertz CT molecular complexity index is 609. The molecular weight excluding hydrogens is 242 g/mol. The summed E-state index contributed by atoms with van der Waals surface area (Å²) < 4.78 is 0. The summed E-state index contributed by atoms with van der Waals surface area (Å²) in [6.07, 6.45) is 0.552. The van der Waals surface area contributed by atoms with E-state index in [1.54, 1.807) is 7.05 Å². The molecule has 2 rings (SSSR count). The Labute approximate surface area is 111 Å². The molecule has 0 radical (unpaired) electrons. The largest absolute Gasteiger partial charge is 0.481 e. The van der Waals surface area contributed by atoms with Gasteiger partial charge in [-0.15, -0.1) is 0 Å². The summed E-state index contributed by atoms with van der Waals surface area (Å²) in [7, 11) is 1.59. The van der Waals surface area contributed by atoms with E-state index >= 15 is 0 Å². The van der Waals surface area contributed by atoms with Gasteiger partial charge in [-0.1, -0.05) is 36.4 Å². The zero-order chi connectivity index (χ0) is 13.8. The van der Waals surface area contributed by atoms with E-state index in [1.807, 2.05) is 42.5 Å². The van der Waals surface area contributed by atoms with E-state index in [2.05, 4.69) is 0 Å². The van der Waals surface area contributed by atoms with Gasteiger partial charge >= 0.3 is 5.97 Å². The van der Waals surface area contributed by atoms with Crippen LogP contribution in [0.5, 0.6) is 0 Å². The van der Waals surface area contributed by atoms with E-state index in [0.29, 0.717) is 6.41 Å². The minimum atomic E-state index is -0.924. The van der Waals surface area contributed by atoms with Gasteiger partial charge in [0.15, 0.2) is 0 Å². The van der Waals surface area contributed by atoms with Gasteiger partial charge in [-0.3, -0.25) is 9.59 Å². The Hall–Kier alpha value is -2.36. The van der Waals surface area contributed by atoms with E-state index < -0.39 is 12.0 Å². The van der Waals surface area contributed by atoms with Gasteiger partial charge in [-0.25, -0.2) is 0 Å². The molecule has 0 aromatic heterocycles. The third-order valence-corrected chi connectivity index (χ3v) is 3.18. The summed E-state index contributed by atoms with van der Waals surface area (Å²) in [6.45, 7) is 0. The van der Waals surface area contributed by atoms with E-state index in [1.165, 1.54) is 4.90 Å². The van der Waals surface area contributed by atoms with Crippen LogP contribution in [0.2, 0.25) is 0 Å². The lowest BCUT2D eigenvalue weighted by atomic mass is 9.99. The van der Waals surface area contributed by atoms with Gasteiger partial charge in [-0.05, 0) is 22.4 Å². The third kappa shape index (κ3) is 2.91. The van der Waals surface area contributed by atoms with Crippen molar-refractivity contribution in [2.45, 2.75) is 12.5 Å². The van der Waals surface area contributed by atoms with Crippen molar-refractivity contribution in [3.8, 4) is 0 Å². The molecule has 1 atom stereocenters. The van der Waals surface area contributed by atoms with Crippen LogP contribution < -0.4 is 0 Å². The summed E-state index contributed by atoms with van der Waals surface area (Å²) in [4.78, 5) is 23.2. The highest BCUT2D eigenvalue weighted by molar-refractivity contribution is 5.83. The fourth-order valence-corrected chi connectivity index (χ4v) is 2.15. The summed E-state index contributed by atoms with van der Waals surface area (Å²) in [5.74, 6) is -0.924. The molecule has 1 N–H and O–H groups in total. The van der Waals surface area contributed by atoms with Crippen LogP contribution in [0.25, 0.3) is 10.8 Å². The number of rotatable bonds is 5. The number of carbonyl (C=O) groups is 2. The fourth-order valence-electron chi connectivity index (χ4n) is 2.15. The number of aliphatic carboxylic acids is 1. The predicted molar refractivity (Wildman–Crippen MR) is 72.8 cm³/mol. The highest BCUT2D eigenvalue weighted by Gasteiger charge is 2.19. The molecule has 0 bridgehead atoms. The number of amides is 1. The lowest BCUT2D eigenvalue weighted by Crippen LogP contribution is -2.25. The lowest BCUT2D eigenvalue weighted by molar-refractivity contribution is -0.138. The predicted octanol–water partition coefficient (Wildman–Crippen LogP) is 2.44. The Morgan fingerprint density at radius 1 is 1.26 bits per heavy atom. The van der Waals surface area contributed by atoms with E-state index in [4.69, 9.17) is 5.11 Å². The number of carbonyl (C=O) groups excluding carboxylic acids is 1. The fraction of sp³-hybridized carbons (Fsp3) is 0.200. The first-order valence-electron chi connectivity index (χ1n) is 5.99. The van der Waals surface area contributed by atoms with Crippen molar-refractivity contribution in [2.75, 3.05) is 7.05 Å². The van der Waals surface area contributed by atoms with Crippen LogP contribution in [0, 0.1) is 0 Å². The second kappa shape index (κ2) is 5.52. The molecule has 0 heterocycles. The number of carboxylic acids is 1. The van der Waals surface area contributed by atoms with Gasteiger partial charge in [0.1, 0.15) is 0 Å². The van der Waals surface area contributed by atoms with Crippen LogP contribution in [-0.2, 0) is 9.59 Å². The van der Waals surface area contributed by atoms with Crippen molar-refractivity contribution < 1.29 is 14.7 Å². The molecule has 0 saturated heterocycles. The molecule has 19 heavy (non-hydrogen) atoms. The number of benzene rings is 2. The molecule has 0 saturated carbocycles. The van der Waals surface area contributed by atoms with Gasteiger partial charge in [0.25, 0.3) is 0 Å². The quantitative estimate of drug-likeness (QED) is 0.837. The summed E-state index contributed by atoms with van der Waals surface area (Å²) in [6, 6.07) is 13.2. The molecule has 98 valence electrons. The van der Waals surface area contributed by atoms with Crippen LogP contribution >= 0.6 is 0 Å². The topological polar surface area (TPSA) is 57.6 Å². The molecule has 1 unspecified atom stereocenters. The zero-order valence-corrected chi connectivity index (χ0v) is 10.6. The molecule has 0 spiro atoms. The van der Waals surface area contributed by atoms with E-state index in [-0.39, 0.29) is 6.42 Å². The zero-order valence-electron chi connectivity index (χ0n) is 10.6. The highest BCUT2D eigenvalue weighted by atomic mass is 16.4. The Morgan fingerprint density at radius 3 is 2.58 bits per heavy atom. The molecule has 0 aliphatic rings. The molecule has 0 aliphatic heterocycles.